The standard InChI is InChI=1S/Na.H3O4Si/c;1-5(2,3)4/h;1-3H/q+1;-1. The van der Waals surface area contributed by atoms with Crippen molar-refractivity contribution in [2.24, 2.45) is 0 Å². The summed E-state index contributed by atoms with van der Waals surface area (Å²) in [6.07, 6.45) is 0. The zero-order valence-corrected chi connectivity index (χ0v) is 6.25. The van der Waals surface area contributed by atoms with Crippen LogP contribution < -0.4 is 34.4 Å². The number of hydrogen-bond acceptors (Lipinski definition) is 4. The van der Waals surface area contributed by atoms with Gasteiger partial charge in [-0.3, -0.25) is 0 Å². The van der Waals surface area contributed by atoms with Crippen molar-refractivity contribution in [1.82, 2.24) is 0 Å². The molecular formula is H3NaO4Si. The van der Waals surface area contributed by atoms with Gasteiger partial charge in [0.2, 0.25) is 0 Å². The molecule has 0 aliphatic rings. The molecule has 32 valence electrons. The van der Waals surface area contributed by atoms with Crippen molar-refractivity contribution >= 4 is 9.05 Å². The van der Waals surface area contributed by atoms with Crippen molar-refractivity contribution in [2.45, 2.75) is 0 Å². The Labute approximate surface area is 57.8 Å². The third-order valence-corrected chi connectivity index (χ3v) is 0. The Hall–Kier alpha value is 1.06. The second-order valence-corrected chi connectivity index (χ2v) is 1.72. The predicted octanol–water partition coefficient (Wildman–Crippen LogP) is -6.24. The van der Waals surface area contributed by atoms with Crippen LogP contribution in [0.5, 0.6) is 0 Å². The van der Waals surface area contributed by atoms with E-state index in [-0.39, 0.29) is 29.6 Å². The summed E-state index contributed by atoms with van der Waals surface area (Å²) in [6.45, 7) is 0. The smallest absolute Gasteiger partial charge is 0.794 e. The summed E-state index contributed by atoms with van der Waals surface area (Å²) in [5.41, 5.74) is 0. The Morgan fingerprint density at radius 2 is 1.17 bits per heavy atom. The molecule has 0 atom stereocenters. The van der Waals surface area contributed by atoms with Gasteiger partial charge >= 0.3 is 38.6 Å². The summed E-state index contributed by atoms with van der Waals surface area (Å²) < 4.78 is 0. The Balaban J connectivity index is 0. The first-order chi connectivity index (χ1) is 2.00. The molecule has 6 heteroatoms. The zero-order valence-electron chi connectivity index (χ0n) is 3.25. The van der Waals surface area contributed by atoms with Crippen molar-refractivity contribution in [1.29, 1.82) is 0 Å². The van der Waals surface area contributed by atoms with Gasteiger partial charge in [-0.25, -0.2) is 0 Å². The molecular weight excluding hydrogens is 115 g/mol. The van der Waals surface area contributed by atoms with Crippen molar-refractivity contribution in [2.75, 3.05) is 0 Å². The largest absolute Gasteiger partial charge is 1.00 e. The molecule has 0 bridgehead atoms. The zero-order chi connectivity index (χ0) is 4.50. The molecule has 0 radical (unpaired) electrons. The molecule has 0 aromatic carbocycles. The maximum Gasteiger partial charge on any atom is 1.00 e. The van der Waals surface area contributed by atoms with E-state index in [1.54, 1.807) is 0 Å². The fourth-order valence-electron chi connectivity index (χ4n) is 0. The van der Waals surface area contributed by atoms with E-state index in [2.05, 4.69) is 0 Å². The topological polar surface area (TPSA) is 83.8 Å². The molecule has 0 fully saturated rings. The minimum Gasteiger partial charge on any atom is -0.794 e. The Morgan fingerprint density at radius 1 is 1.17 bits per heavy atom. The number of hydrogen-bond donors (Lipinski definition) is 3. The van der Waals surface area contributed by atoms with E-state index < -0.39 is 9.05 Å². The van der Waals surface area contributed by atoms with Gasteiger partial charge in [-0.05, 0) is 0 Å². The van der Waals surface area contributed by atoms with Gasteiger partial charge in [0.05, 0.1) is 0 Å². The summed E-state index contributed by atoms with van der Waals surface area (Å²) in [5.74, 6) is 0. The SMILES string of the molecule is [Na+].[O-][Si](O)(O)O. The van der Waals surface area contributed by atoms with E-state index in [0.717, 1.165) is 0 Å². The van der Waals surface area contributed by atoms with Gasteiger partial charge in [0, 0.05) is 0 Å². The minimum atomic E-state index is -4.86. The Bertz CT molecular complexity index is 23.0. The molecule has 4 nitrogen and oxygen atoms in total. The molecule has 0 spiro atoms. The van der Waals surface area contributed by atoms with Crippen LogP contribution >= 0.6 is 0 Å². The van der Waals surface area contributed by atoms with E-state index in [4.69, 9.17) is 19.2 Å². The van der Waals surface area contributed by atoms with Crippen LogP contribution in [-0.2, 0) is 0 Å². The molecule has 0 heterocycles. The average Bonchev–Trinajstić information content (AvgIpc) is 0.722. The van der Waals surface area contributed by atoms with Gasteiger partial charge < -0.3 is 19.2 Å². The summed E-state index contributed by atoms with van der Waals surface area (Å²) in [6, 6.07) is 0. The molecule has 0 aliphatic carbocycles. The Kier molecular flexibility index (Phi) is 5.25. The first-order valence-corrected chi connectivity index (χ1v) is 2.62. The molecule has 0 aromatic rings. The van der Waals surface area contributed by atoms with Crippen LogP contribution in [0.25, 0.3) is 0 Å². The third kappa shape index (κ3) is 74.5. The first-order valence-electron chi connectivity index (χ1n) is 0.875. The average molecular weight is 118 g/mol. The summed E-state index contributed by atoms with van der Waals surface area (Å²) in [7, 11) is -4.86. The maximum absolute atomic E-state index is 8.91. The molecule has 0 saturated heterocycles. The maximum atomic E-state index is 8.91. The predicted molar refractivity (Wildman–Crippen MR) is 12.4 cm³/mol. The number of rotatable bonds is 0. The Morgan fingerprint density at radius 3 is 1.17 bits per heavy atom. The fraction of sp³-hybridized carbons (Fsp3) is 0. The van der Waals surface area contributed by atoms with Crippen LogP contribution in [0.3, 0.4) is 0 Å². The van der Waals surface area contributed by atoms with Crippen LogP contribution in [0, 0.1) is 0 Å². The van der Waals surface area contributed by atoms with E-state index in [0.29, 0.717) is 0 Å². The van der Waals surface area contributed by atoms with E-state index in [1.165, 1.54) is 0 Å². The summed E-state index contributed by atoms with van der Waals surface area (Å²) >= 11 is 0. The van der Waals surface area contributed by atoms with Gasteiger partial charge in [-0.2, -0.15) is 0 Å². The molecule has 0 aromatic heterocycles. The van der Waals surface area contributed by atoms with Crippen molar-refractivity contribution in [3.63, 3.8) is 0 Å². The van der Waals surface area contributed by atoms with Crippen LogP contribution in [0.4, 0.5) is 0 Å². The minimum absolute atomic E-state index is 0. The summed E-state index contributed by atoms with van der Waals surface area (Å²) in [4.78, 5) is 30.6. The summed E-state index contributed by atoms with van der Waals surface area (Å²) in [5, 5.41) is 0. The van der Waals surface area contributed by atoms with Gasteiger partial charge in [0.15, 0.2) is 0 Å². The van der Waals surface area contributed by atoms with Gasteiger partial charge in [-0.15, -0.1) is 0 Å². The van der Waals surface area contributed by atoms with Crippen LogP contribution in [0.15, 0.2) is 0 Å². The normalized spacial score (nSPS) is 10.0. The van der Waals surface area contributed by atoms with E-state index >= 15 is 0 Å². The van der Waals surface area contributed by atoms with Crippen LogP contribution in [0.1, 0.15) is 0 Å². The van der Waals surface area contributed by atoms with Gasteiger partial charge in [-0.1, -0.05) is 0 Å². The molecule has 0 unspecified atom stereocenters. The van der Waals surface area contributed by atoms with Crippen molar-refractivity contribution in [3.05, 3.63) is 0 Å². The second kappa shape index (κ2) is 3.11. The molecule has 0 amide bonds. The third-order valence-electron chi connectivity index (χ3n) is 0. The molecule has 6 heavy (non-hydrogen) atoms. The van der Waals surface area contributed by atoms with E-state index in [1.807, 2.05) is 0 Å². The quantitative estimate of drug-likeness (QED) is 0.276. The molecule has 0 aliphatic heterocycles. The monoisotopic (exact) mass is 118 g/mol. The van der Waals surface area contributed by atoms with E-state index in [9.17, 15) is 0 Å². The van der Waals surface area contributed by atoms with Crippen molar-refractivity contribution in [3.8, 4) is 0 Å². The second-order valence-electron chi connectivity index (χ2n) is 0.574. The van der Waals surface area contributed by atoms with Gasteiger partial charge in [0.1, 0.15) is 0 Å². The van der Waals surface area contributed by atoms with Crippen LogP contribution in [0.2, 0.25) is 0 Å². The van der Waals surface area contributed by atoms with Crippen molar-refractivity contribution < 1.29 is 48.7 Å². The van der Waals surface area contributed by atoms with Crippen LogP contribution in [-0.4, -0.2) is 23.4 Å². The van der Waals surface area contributed by atoms with Gasteiger partial charge in [0.25, 0.3) is 0 Å². The first kappa shape index (κ1) is 10.1. The molecule has 0 saturated carbocycles. The molecule has 0 rings (SSSR count). The molecule has 3 N–H and O–H groups in total. The fourth-order valence-corrected chi connectivity index (χ4v) is 0.